The van der Waals surface area contributed by atoms with Crippen LogP contribution in [0.1, 0.15) is 24.1 Å². The first-order chi connectivity index (χ1) is 14.6. The van der Waals surface area contributed by atoms with E-state index in [1.165, 1.54) is 0 Å². The maximum absolute atomic E-state index is 12.2. The summed E-state index contributed by atoms with van der Waals surface area (Å²) < 4.78 is 5.76. The van der Waals surface area contributed by atoms with Crippen LogP contribution in [0.15, 0.2) is 48.7 Å². The van der Waals surface area contributed by atoms with Crippen molar-refractivity contribution in [1.29, 1.82) is 0 Å². The van der Waals surface area contributed by atoms with Gasteiger partial charge < -0.3 is 24.8 Å². The third-order valence-electron chi connectivity index (χ3n) is 5.67. The molecule has 0 unspecified atom stereocenters. The molecule has 0 amide bonds. The lowest BCUT2D eigenvalue weighted by Gasteiger charge is -2.39. The molecule has 0 radical (unpaired) electrons. The van der Waals surface area contributed by atoms with Gasteiger partial charge in [0.15, 0.2) is 0 Å². The summed E-state index contributed by atoms with van der Waals surface area (Å²) >= 11 is 0. The van der Waals surface area contributed by atoms with Crippen molar-refractivity contribution >= 4 is 22.6 Å². The Morgan fingerprint density at radius 1 is 1.17 bits per heavy atom. The molecule has 0 saturated carbocycles. The van der Waals surface area contributed by atoms with Gasteiger partial charge in [0.05, 0.1) is 18.9 Å². The van der Waals surface area contributed by atoms with Crippen LogP contribution in [0.5, 0.6) is 5.75 Å². The Morgan fingerprint density at radius 3 is 2.63 bits per heavy atom. The summed E-state index contributed by atoms with van der Waals surface area (Å²) in [5.41, 5.74) is 3.42. The van der Waals surface area contributed by atoms with Crippen LogP contribution in [0, 0.1) is 0 Å². The first-order valence-corrected chi connectivity index (χ1v) is 10.3. The summed E-state index contributed by atoms with van der Waals surface area (Å²) in [6.07, 6.45) is 1.78. The van der Waals surface area contributed by atoms with E-state index in [1.54, 1.807) is 6.20 Å². The Bertz CT molecular complexity index is 1020. The molecule has 2 aromatic carbocycles. The van der Waals surface area contributed by atoms with Gasteiger partial charge in [-0.25, -0.2) is 0 Å². The summed E-state index contributed by atoms with van der Waals surface area (Å²) in [7, 11) is 0. The van der Waals surface area contributed by atoms with Crippen molar-refractivity contribution in [1.82, 2.24) is 9.88 Å². The van der Waals surface area contributed by atoms with Gasteiger partial charge in [-0.05, 0) is 36.8 Å². The smallest absolute Gasteiger partial charge is 0.325 e. The van der Waals surface area contributed by atoms with Crippen LogP contribution in [-0.4, -0.2) is 58.9 Å². The average Bonchev–Trinajstić information content (AvgIpc) is 3.17. The number of ether oxygens (including phenoxy) is 1. The molecule has 1 aliphatic heterocycles. The number of para-hydroxylation sites is 2. The molecule has 2 heterocycles. The van der Waals surface area contributed by atoms with Gasteiger partial charge >= 0.3 is 5.97 Å². The standard InChI is InChI=1S/C23H27N3O4/c1-2-30-21-6-4-3-5-20(21)25-9-11-26(12-10-25)22(23(28)29)18-14-24-19-8-7-16(15-27)13-17(18)19/h3-8,13-14,22,24,27H,2,9-12,15H2,1H3,(H,28,29)/t22-/m1/s1. The normalized spacial score (nSPS) is 16.0. The summed E-state index contributed by atoms with van der Waals surface area (Å²) in [4.78, 5) is 19.7. The second kappa shape index (κ2) is 8.77. The molecule has 158 valence electrons. The number of nitrogens with one attached hydrogen (secondary N) is 1. The van der Waals surface area contributed by atoms with E-state index in [0.717, 1.165) is 46.6 Å². The average molecular weight is 409 g/mol. The van der Waals surface area contributed by atoms with E-state index in [1.807, 2.05) is 54.3 Å². The number of piperazine rings is 1. The van der Waals surface area contributed by atoms with Crippen molar-refractivity contribution < 1.29 is 19.7 Å². The van der Waals surface area contributed by atoms with Gasteiger partial charge in [0, 0.05) is 48.8 Å². The number of rotatable bonds is 7. The van der Waals surface area contributed by atoms with Gasteiger partial charge in [-0.3, -0.25) is 9.69 Å². The highest BCUT2D eigenvalue weighted by molar-refractivity contribution is 5.89. The van der Waals surface area contributed by atoms with Crippen LogP contribution < -0.4 is 9.64 Å². The van der Waals surface area contributed by atoms with E-state index in [-0.39, 0.29) is 6.61 Å². The molecule has 1 saturated heterocycles. The SMILES string of the molecule is CCOc1ccccc1N1CCN([C@@H](C(=O)O)c2c[nH]c3ccc(CO)cc23)CC1. The monoisotopic (exact) mass is 409 g/mol. The van der Waals surface area contributed by atoms with Crippen LogP contribution in [0.25, 0.3) is 10.9 Å². The lowest BCUT2D eigenvalue weighted by Crippen LogP contribution is -2.49. The number of carbonyl (C=O) groups is 1. The van der Waals surface area contributed by atoms with Crippen molar-refractivity contribution in [2.45, 2.75) is 19.6 Å². The van der Waals surface area contributed by atoms with Crippen LogP contribution in [0.3, 0.4) is 0 Å². The number of anilines is 1. The number of nitrogens with zero attached hydrogens (tertiary/aromatic N) is 2. The van der Waals surface area contributed by atoms with Crippen LogP contribution in [0.2, 0.25) is 0 Å². The molecule has 1 fully saturated rings. The summed E-state index contributed by atoms with van der Waals surface area (Å²) in [6.45, 7) is 5.20. The largest absolute Gasteiger partial charge is 0.492 e. The number of carboxylic acid groups (broad SMARTS) is 1. The molecule has 0 aliphatic carbocycles. The molecule has 3 aromatic rings. The van der Waals surface area contributed by atoms with E-state index in [4.69, 9.17) is 4.74 Å². The summed E-state index contributed by atoms with van der Waals surface area (Å²) in [6, 6.07) is 12.8. The van der Waals surface area contributed by atoms with Crippen molar-refractivity contribution in [3.63, 3.8) is 0 Å². The fourth-order valence-electron chi connectivity index (χ4n) is 4.22. The van der Waals surface area contributed by atoms with Gasteiger partial charge in [0.25, 0.3) is 0 Å². The first-order valence-electron chi connectivity index (χ1n) is 10.3. The van der Waals surface area contributed by atoms with Crippen LogP contribution >= 0.6 is 0 Å². The predicted octanol–water partition coefficient (Wildman–Crippen LogP) is 3.01. The summed E-state index contributed by atoms with van der Waals surface area (Å²) in [5, 5.41) is 20.4. The quantitative estimate of drug-likeness (QED) is 0.556. The van der Waals surface area contributed by atoms with Gasteiger partial charge in [0.1, 0.15) is 11.8 Å². The zero-order valence-electron chi connectivity index (χ0n) is 17.0. The molecule has 1 aromatic heterocycles. The van der Waals surface area contributed by atoms with Crippen LogP contribution in [-0.2, 0) is 11.4 Å². The second-order valence-corrected chi connectivity index (χ2v) is 7.45. The lowest BCUT2D eigenvalue weighted by molar-refractivity contribution is -0.143. The highest BCUT2D eigenvalue weighted by Gasteiger charge is 2.32. The molecular weight excluding hydrogens is 382 g/mol. The molecule has 30 heavy (non-hydrogen) atoms. The number of benzene rings is 2. The fourth-order valence-corrected chi connectivity index (χ4v) is 4.22. The lowest BCUT2D eigenvalue weighted by atomic mass is 10.0. The van der Waals surface area contributed by atoms with E-state index >= 15 is 0 Å². The number of aromatic nitrogens is 1. The van der Waals surface area contributed by atoms with Crippen molar-refractivity contribution in [3.8, 4) is 5.75 Å². The number of aromatic amines is 1. The number of H-pyrrole nitrogens is 1. The third kappa shape index (κ3) is 3.86. The van der Waals surface area contributed by atoms with Crippen molar-refractivity contribution in [2.75, 3.05) is 37.7 Å². The maximum Gasteiger partial charge on any atom is 0.325 e. The Balaban J connectivity index is 1.56. The second-order valence-electron chi connectivity index (χ2n) is 7.45. The minimum Gasteiger partial charge on any atom is -0.492 e. The molecule has 4 rings (SSSR count). The first kappa shape index (κ1) is 20.3. The molecule has 7 heteroatoms. The minimum absolute atomic E-state index is 0.0732. The zero-order chi connectivity index (χ0) is 21.1. The van der Waals surface area contributed by atoms with Crippen LogP contribution in [0.4, 0.5) is 5.69 Å². The summed E-state index contributed by atoms with van der Waals surface area (Å²) in [5.74, 6) is -0.00939. The van der Waals surface area contributed by atoms with Gasteiger partial charge in [0.2, 0.25) is 0 Å². The Kier molecular flexibility index (Phi) is 5.92. The zero-order valence-corrected chi connectivity index (χ0v) is 17.0. The van der Waals surface area contributed by atoms with Gasteiger partial charge in [-0.2, -0.15) is 0 Å². The number of aliphatic hydroxyl groups excluding tert-OH is 1. The highest BCUT2D eigenvalue weighted by Crippen LogP contribution is 2.33. The van der Waals surface area contributed by atoms with Crippen molar-refractivity contribution in [2.24, 2.45) is 0 Å². The number of hydrogen-bond donors (Lipinski definition) is 3. The van der Waals surface area contributed by atoms with Crippen molar-refractivity contribution in [3.05, 3.63) is 59.8 Å². The minimum atomic E-state index is -0.867. The van der Waals surface area contributed by atoms with E-state index in [9.17, 15) is 15.0 Å². The molecule has 0 bridgehead atoms. The number of hydrogen-bond acceptors (Lipinski definition) is 5. The molecule has 3 N–H and O–H groups in total. The highest BCUT2D eigenvalue weighted by atomic mass is 16.5. The van der Waals surface area contributed by atoms with E-state index in [2.05, 4.69) is 9.88 Å². The number of aliphatic hydroxyl groups is 1. The number of aliphatic carboxylic acids is 1. The molecular formula is C23H27N3O4. The molecule has 1 atom stereocenters. The Hall–Kier alpha value is -3.03. The molecule has 1 aliphatic rings. The molecule has 0 spiro atoms. The Labute approximate surface area is 175 Å². The number of carboxylic acids is 1. The topological polar surface area (TPSA) is 89.0 Å². The van der Waals surface area contributed by atoms with E-state index in [0.29, 0.717) is 19.7 Å². The fraction of sp³-hybridized carbons (Fsp3) is 0.348. The molecule has 7 nitrogen and oxygen atoms in total. The van der Waals surface area contributed by atoms with Gasteiger partial charge in [-0.1, -0.05) is 18.2 Å². The third-order valence-corrected chi connectivity index (χ3v) is 5.67. The Morgan fingerprint density at radius 2 is 1.93 bits per heavy atom. The predicted molar refractivity (Wildman–Crippen MR) is 116 cm³/mol. The number of fused-ring (bicyclic) bond motifs is 1. The van der Waals surface area contributed by atoms with E-state index < -0.39 is 12.0 Å². The maximum atomic E-state index is 12.2. The van der Waals surface area contributed by atoms with Gasteiger partial charge in [-0.15, -0.1) is 0 Å².